The number of ether oxygens (including phenoxy) is 2. The van der Waals surface area contributed by atoms with E-state index in [1.54, 1.807) is 18.2 Å². The second kappa shape index (κ2) is 7.35. The number of imidazole rings is 1. The number of benzene rings is 1. The molecule has 25 heavy (non-hydrogen) atoms. The first kappa shape index (κ1) is 17.6. The van der Waals surface area contributed by atoms with Gasteiger partial charge in [0, 0.05) is 23.7 Å². The number of thiazole rings is 1. The maximum Gasteiger partial charge on any atom is 0.248 e. The lowest BCUT2D eigenvalue weighted by Crippen LogP contribution is -2.09. The third-order valence-corrected chi connectivity index (χ3v) is 4.71. The van der Waals surface area contributed by atoms with E-state index >= 15 is 0 Å². The smallest absolute Gasteiger partial charge is 0.248 e. The molecule has 0 saturated heterocycles. The molecule has 1 amide bonds. The van der Waals surface area contributed by atoms with Gasteiger partial charge in [-0.25, -0.2) is 4.98 Å². The van der Waals surface area contributed by atoms with Crippen molar-refractivity contribution in [1.82, 2.24) is 9.38 Å². The molecular formula is C16H13Cl2N3O3S. The van der Waals surface area contributed by atoms with Gasteiger partial charge in [-0.05, 0) is 12.1 Å². The Morgan fingerprint density at radius 1 is 1.28 bits per heavy atom. The number of halogens is 2. The van der Waals surface area contributed by atoms with Crippen LogP contribution in [0.5, 0.6) is 11.5 Å². The van der Waals surface area contributed by atoms with Gasteiger partial charge in [-0.1, -0.05) is 23.2 Å². The molecule has 130 valence electrons. The molecule has 3 rings (SSSR count). The van der Waals surface area contributed by atoms with Crippen LogP contribution in [-0.2, 0) is 4.79 Å². The van der Waals surface area contributed by atoms with Crippen LogP contribution in [0, 0.1) is 0 Å². The van der Waals surface area contributed by atoms with E-state index in [0.717, 1.165) is 4.96 Å². The van der Waals surface area contributed by atoms with E-state index in [2.05, 4.69) is 10.3 Å². The number of anilines is 1. The van der Waals surface area contributed by atoms with E-state index < -0.39 is 0 Å². The summed E-state index contributed by atoms with van der Waals surface area (Å²) in [5.74, 6) is 0.532. The molecule has 9 heteroatoms. The summed E-state index contributed by atoms with van der Waals surface area (Å²) in [6.45, 7) is 0. The summed E-state index contributed by atoms with van der Waals surface area (Å²) in [5, 5.41) is 5.30. The normalized spacial score (nSPS) is 11.2. The highest BCUT2D eigenvalue weighted by molar-refractivity contribution is 7.15. The minimum atomic E-state index is -0.360. The summed E-state index contributed by atoms with van der Waals surface area (Å²) in [5.41, 5.74) is 1.07. The highest BCUT2D eigenvalue weighted by atomic mass is 35.5. The maximum absolute atomic E-state index is 12.2. The molecule has 6 nitrogen and oxygen atoms in total. The summed E-state index contributed by atoms with van der Waals surface area (Å²) in [6.07, 6.45) is 4.80. The van der Waals surface area contributed by atoms with Crippen LogP contribution in [0.3, 0.4) is 0 Å². The van der Waals surface area contributed by atoms with E-state index in [1.807, 2.05) is 16.0 Å². The van der Waals surface area contributed by atoms with Gasteiger partial charge in [-0.2, -0.15) is 0 Å². The van der Waals surface area contributed by atoms with Crippen LogP contribution in [-0.4, -0.2) is 29.5 Å². The molecule has 0 radical (unpaired) electrons. The van der Waals surface area contributed by atoms with E-state index in [9.17, 15) is 4.79 Å². The van der Waals surface area contributed by atoms with Gasteiger partial charge >= 0.3 is 0 Å². The van der Waals surface area contributed by atoms with Gasteiger partial charge in [0.15, 0.2) is 10.1 Å². The molecule has 0 bridgehead atoms. The van der Waals surface area contributed by atoms with Gasteiger partial charge in [0.1, 0.15) is 11.5 Å². The second-order valence-corrected chi connectivity index (χ2v) is 6.49. The number of nitrogens with zero attached hydrogens (tertiary/aromatic N) is 2. The standard InChI is InChI=1S/C16H13Cl2N3O3S/c1-23-12-8-13(24-2)10(7-9(12)17)19-14(22)4-3-11-15(18)20-16-21(11)5-6-25-16/h3-8H,1-2H3,(H,19,22)/b4-3+. The number of hydrogen-bond donors (Lipinski definition) is 1. The average molecular weight is 398 g/mol. The number of carbonyl (C=O) groups excluding carboxylic acids is 1. The zero-order chi connectivity index (χ0) is 18.0. The van der Waals surface area contributed by atoms with E-state index in [4.69, 9.17) is 32.7 Å². The van der Waals surface area contributed by atoms with E-state index in [1.165, 1.54) is 31.6 Å². The average Bonchev–Trinajstić information content (AvgIpc) is 3.14. The molecule has 2 aromatic heterocycles. The molecule has 0 aliphatic carbocycles. The Morgan fingerprint density at radius 3 is 2.76 bits per heavy atom. The largest absolute Gasteiger partial charge is 0.495 e. The third-order valence-electron chi connectivity index (χ3n) is 3.38. The molecule has 0 aliphatic rings. The van der Waals surface area contributed by atoms with Gasteiger partial charge in [-0.3, -0.25) is 9.20 Å². The summed E-state index contributed by atoms with van der Waals surface area (Å²) < 4.78 is 12.2. The molecule has 0 atom stereocenters. The molecule has 0 spiro atoms. The summed E-state index contributed by atoms with van der Waals surface area (Å²) >= 11 is 13.7. The van der Waals surface area contributed by atoms with Crippen molar-refractivity contribution in [2.75, 3.05) is 19.5 Å². The van der Waals surface area contributed by atoms with Crippen LogP contribution in [0.25, 0.3) is 11.0 Å². The third kappa shape index (κ3) is 3.58. The number of amides is 1. The van der Waals surface area contributed by atoms with Crippen molar-refractivity contribution < 1.29 is 14.3 Å². The monoisotopic (exact) mass is 397 g/mol. The van der Waals surface area contributed by atoms with Crippen molar-refractivity contribution in [3.8, 4) is 11.5 Å². The van der Waals surface area contributed by atoms with Gasteiger partial charge < -0.3 is 14.8 Å². The topological polar surface area (TPSA) is 64.9 Å². The SMILES string of the molecule is COc1cc(OC)c(NC(=O)/C=C/c2c(Cl)nc3sccn23)cc1Cl. The van der Waals surface area contributed by atoms with Crippen molar-refractivity contribution in [3.63, 3.8) is 0 Å². The Balaban J connectivity index is 1.82. The minimum absolute atomic E-state index is 0.334. The molecule has 2 heterocycles. The number of carbonyl (C=O) groups is 1. The first-order chi connectivity index (χ1) is 12.0. The van der Waals surface area contributed by atoms with E-state index in [0.29, 0.717) is 33.1 Å². The maximum atomic E-state index is 12.2. The van der Waals surface area contributed by atoms with Crippen molar-refractivity contribution >= 4 is 57.2 Å². The van der Waals surface area contributed by atoms with Crippen LogP contribution in [0.4, 0.5) is 5.69 Å². The summed E-state index contributed by atoms with van der Waals surface area (Å²) in [4.78, 5) is 17.2. The molecule has 0 aliphatic heterocycles. The van der Waals surface area contributed by atoms with Crippen molar-refractivity contribution in [2.45, 2.75) is 0 Å². The Bertz CT molecular complexity index is 965. The van der Waals surface area contributed by atoms with Crippen molar-refractivity contribution in [2.24, 2.45) is 0 Å². The van der Waals surface area contributed by atoms with Crippen LogP contribution < -0.4 is 14.8 Å². The fourth-order valence-electron chi connectivity index (χ4n) is 2.21. The fourth-order valence-corrected chi connectivity index (χ4v) is 3.46. The van der Waals surface area contributed by atoms with Gasteiger partial charge in [0.25, 0.3) is 0 Å². The van der Waals surface area contributed by atoms with Crippen molar-refractivity contribution in [3.05, 3.63) is 45.7 Å². The number of fused-ring (bicyclic) bond motifs is 1. The van der Waals surface area contributed by atoms with Crippen LogP contribution >= 0.6 is 34.5 Å². The van der Waals surface area contributed by atoms with Gasteiger partial charge in [0.05, 0.1) is 30.6 Å². The zero-order valence-electron chi connectivity index (χ0n) is 13.2. The molecule has 3 aromatic rings. The lowest BCUT2D eigenvalue weighted by molar-refractivity contribution is -0.111. The first-order valence-corrected chi connectivity index (χ1v) is 8.68. The Kier molecular flexibility index (Phi) is 5.17. The van der Waals surface area contributed by atoms with Crippen LogP contribution in [0.1, 0.15) is 5.69 Å². The highest BCUT2D eigenvalue weighted by Gasteiger charge is 2.12. The number of rotatable bonds is 5. The molecule has 0 saturated carbocycles. The van der Waals surface area contributed by atoms with E-state index in [-0.39, 0.29) is 5.91 Å². The lowest BCUT2D eigenvalue weighted by Gasteiger charge is -2.12. The lowest BCUT2D eigenvalue weighted by atomic mass is 10.2. The first-order valence-electron chi connectivity index (χ1n) is 7.05. The molecule has 1 aromatic carbocycles. The minimum Gasteiger partial charge on any atom is -0.495 e. The Morgan fingerprint density at radius 2 is 2.04 bits per heavy atom. The molecule has 0 unspecified atom stereocenters. The Labute approximate surface area is 157 Å². The zero-order valence-corrected chi connectivity index (χ0v) is 15.6. The molecular weight excluding hydrogens is 385 g/mol. The summed E-state index contributed by atoms with van der Waals surface area (Å²) in [7, 11) is 3.00. The summed E-state index contributed by atoms with van der Waals surface area (Å²) in [6, 6.07) is 3.16. The van der Waals surface area contributed by atoms with Crippen LogP contribution in [0.15, 0.2) is 29.8 Å². The number of aromatic nitrogens is 2. The highest BCUT2D eigenvalue weighted by Crippen LogP contribution is 2.35. The second-order valence-electron chi connectivity index (χ2n) is 4.85. The molecule has 0 fully saturated rings. The predicted octanol–water partition coefficient (Wildman–Crippen LogP) is 4.37. The number of nitrogens with one attached hydrogen (secondary N) is 1. The molecule has 1 N–H and O–H groups in total. The number of hydrogen-bond acceptors (Lipinski definition) is 5. The van der Waals surface area contributed by atoms with Gasteiger partial charge in [-0.15, -0.1) is 11.3 Å². The van der Waals surface area contributed by atoms with Crippen molar-refractivity contribution in [1.29, 1.82) is 0 Å². The quantitative estimate of drug-likeness (QED) is 0.649. The van der Waals surface area contributed by atoms with Gasteiger partial charge in [0.2, 0.25) is 5.91 Å². The Hall–Kier alpha value is -2.22. The number of methoxy groups -OCH3 is 2. The predicted molar refractivity (Wildman–Crippen MR) is 100 cm³/mol. The fraction of sp³-hybridized carbons (Fsp3) is 0.125. The van der Waals surface area contributed by atoms with Crippen LogP contribution in [0.2, 0.25) is 10.2 Å².